The Balaban J connectivity index is 1.47. The van der Waals surface area contributed by atoms with Gasteiger partial charge in [-0.1, -0.05) is 12.1 Å². The van der Waals surface area contributed by atoms with Gasteiger partial charge in [0, 0.05) is 61.9 Å². The summed E-state index contributed by atoms with van der Waals surface area (Å²) in [4.78, 5) is 30.0. The highest BCUT2D eigenvalue weighted by molar-refractivity contribution is 5.95. The second kappa shape index (κ2) is 9.32. The Hall–Kier alpha value is -3.52. The number of nitrogens with zero attached hydrogens (tertiary/aromatic N) is 5. The van der Waals surface area contributed by atoms with Crippen LogP contribution in [0.5, 0.6) is 0 Å². The number of piperazine rings is 1. The van der Waals surface area contributed by atoms with E-state index in [1.54, 1.807) is 24.5 Å². The van der Waals surface area contributed by atoms with Crippen LogP contribution in [0.25, 0.3) is 11.3 Å². The molecule has 0 unspecified atom stereocenters. The Morgan fingerprint density at radius 1 is 1.00 bits per heavy atom. The van der Waals surface area contributed by atoms with Crippen LogP contribution in [0.3, 0.4) is 0 Å². The van der Waals surface area contributed by atoms with E-state index >= 15 is 0 Å². The molecule has 0 spiro atoms. The molecule has 1 aliphatic heterocycles. The molecule has 1 fully saturated rings. The van der Waals surface area contributed by atoms with Crippen molar-refractivity contribution in [3.05, 3.63) is 66.7 Å². The van der Waals surface area contributed by atoms with Gasteiger partial charge < -0.3 is 20.2 Å². The highest BCUT2D eigenvalue weighted by Gasteiger charge is 2.19. The third-order valence-electron chi connectivity index (χ3n) is 5.07. The Labute approximate surface area is 175 Å². The summed E-state index contributed by atoms with van der Waals surface area (Å²) in [6, 6.07) is 11.3. The first kappa shape index (κ1) is 19.8. The van der Waals surface area contributed by atoms with Crippen molar-refractivity contribution in [2.45, 2.75) is 0 Å². The fourth-order valence-corrected chi connectivity index (χ4v) is 3.49. The summed E-state index contributed by atoms with van der Waals surface area (Å²) in [6.07, 6.45) is 7.12. The lowest BCUT2D eigenvalue weighted by atomic mass is 10.1. The molecule has 0 atom stereocenters. The summed E-state index contributed by atoms with van der Waals surface area (Å²) in [7, 11) is 0. The maximum absolute atomic E-state index is 12.2. The molecule has 30 heavy (non-hydrogen) atoms. The number of benzene rings is 1. The second-order valence-corrected chi connectivity index (χ2v) is 7.00. The number of aliphatic hydroxyl groups is 1. The zero-order chi connectivity index (χ0) is 20.8. The largest absolute Gasteiger partial charge is 0.395 e. The van der Waals surface area contributed by atoms with Crippen LogP contribution < -0.4 is 15.1 Å². The number of aliphatic hydroxyl groups excluding tert-OH is 1. The highest BCUT2D eigenvalue weighted by Crippen LogP contribution is 2.22. The van der Waals surface area contributed by atoms with Gasteiger partial charge in [0.15, 0.2) is 0 Å². The van der Waals surface area contributed by atoms with Gasteiger partial charge in [0.25, 0.3) is 5.91 Å². The number of carbonyl (C=O) groups is 1. The SMILES string of the molecule is O=C(NCCO)c1cccc(-c2cncc(N3CCN(c4ccncc4)CC3)n2)c1. The van der Waals surface area contributed by atoms with Crippen molar-refractivity contribution in [3.8, 4) is 11.3 Å². The van der Waals surface area contributed by atoms with E-state index in [1.807, 2.05) is 36.7 Å². The molecule has 1 amide bonds. The summed E-state index contributed by atoms with van der Waals surface area (Å²) in [5.41, 5.74) is 3.26. The maximum Gasteiger partial charge on any atom is 0.251 e. The van der Waals surface area contributed by atoms with Crippen LogP contribution in [0.15, 0.2) is 61.2 Å². The molecule has 2 aromatic heterocycles. The molecule has 0 radical (unpaired) electrons. The van der Waals surface area contributed by atoms with E-state index in [-0.39, 0.29) is 19.1 Å². The zero-order valence-electron chi connectivity index (χ0n) is 16.6. The highest BCUT2D eigenvalue weighted by atomic mass is 16.3. The molecule has 0 saturated carbocycles. The quantitative estimate of drug-likeness (QED) is 0.644. The van der Waals surface area contributed by atoms with E-state index in [0.29, 0.717) is 5.56 Å². The minimum atomic E-state index is -0.220. The molecular formula is C22H24N6O2. The first-order valence-electron chi connectivity index (χ1n) is 9.96. The number of amides is 1. The maximum atomic E-state index is 12.2. The van der Waals surface area contributed by atoms with Crippen molar-refractivity contribution < 1.29 is 9.90 Å². The minimum Gasteiger partial charge on any atom is -0.395 e. The lowest BCUT2D eigenvalue weighted by Gasteiger charge is -2.36. The Bertz CT molecular complexity index is 990. The number of hydrogen-bond acceptors (Lipinski definition) is 7. The zero-order valence-corrected chi connectivity index (χ0v) is 16.6. The van der Waals surface area contributed by atoms with Crippen LogP contribution >= 0.6 is 0 Å². The molecule has 3 heterocycles. The van der Waals surface area contributed by atoms with Gasteiger partial charge in [0.05, 0.1) is 24.7 Å². The van der Waals surface area contributed by atoms with Gasteiger partial charge in [0.2, 0.25) is 0 Å². The average Bonchev–Trinajstić information content (AvgIpc) is 2.83. The van der Waals surface area contributed by atoms with Gasteiger partial charge in [-0.05, 0) is 24.3 Å². The van der Waals surface area contributed by atoms with Crippen molar-refractivity contribution in [1.29, 1.82) is 0 Å². The third kappa shape index (κ3) is 4.55. The van der Waals surface area contributed by atoms with Crippen molar-refractivity contribution in [1.82, 2.24) is 20.3 Å². The smallest absolute Gasteiger partial charge is 0.251 e. The van der Waals surface area contributed by atoms with E-state index in [0.717, 1.165) is 43.3 Å². The van der Waals surface area contributed by atoms with Gasteiger partial charge in [-0.15, -0.1) is 0 Å². The van der Waals surface area contributed by atoms with Crippen LogP contribution in [-0.2, 0) is 0 Å². The molecule has 0 aliphatic carbocycles. The van der Waals surface area contributed by atoms with E-state index in [4.69, 9.17) is 10.1 Å². The predicted molar refractivity (Wildman–Crippen MR) is 116 cm³/mol. The van der Waals surface area contributed by atoms with Crippen LogP contribution in [0.1, 0.15) is 10.4 Å². The monoisotopic (exact) mass is 404 g/mol. The lowest BCUT2D eigenvalue weighted by molar-refractivity contribution is 0.0945. The number of aromatic nitrogens is 3. The van der Waals surface area contributed by atoms with Crippen LogP contribution in [0.2, 0.25) is 0 Å². The normalized spacial score (nSPS) is 13.9. The van der Waals surface area contributed by atoms with Crippen LogP contribution in [-0.4, -0.2) is 65.3 Å². The van der Waals surface area contributed by atoms with Gasteiger partial charge in [-0.3, -0.25) is 14.8 Å². The van der Waals surface area contributed by atoms with Gasteiger partial charge in [0.1, 0.15) is 5.82 Å². The molecule has 1 saturated heterocycles. The van der Waals surface area contributed by atoms with Crippen molar-refractivity contribution in [2.24, 2.45) is 0 Å². The van der Waals surface area contributed by atoms with Gasteiger partial charge in [-0.25, -0.2) is 4.98 Å². The third-order valence-corrected chi connectivity index (χ3v) is 5.07. The summed E-state index contributed by atoms with van der Waals surface area (Å²) in [6.45, 7) is 3.64. The number of hydrogen-bond donors (Lipinski definition) is 2. The average molecular weight is 404 g/mol. The summed E-state index contributed by atoms with van der Waals surface area (Å²) < 4.78 is 0. The van der Waals surface area contributed by atoms with Gasteiger partial charge >= 0.3 is 0 Å². The topological polar surface area (TPSA) is 94.5 Å². The molecule has 1 aliphatic rings. The van der Waals surface area contributed by atoms with Crippen molar-refractivity contribution >= 4 is 17.4 Å². The number of rotatable bonds is 6. The number of anilines is 2. The number of pyridine rings is 1. The van der Waals surface area contributed by atoms with E-state index in [2.05, 4.69) is 25.1 Å². The second-order valence-electron chi connectivity index (χ2n) is 7.00. The van der Waals surface area contributed by atoms with Crippen molar-refractivity contribution in [2.75, 3.05) is 49.1 Å². The predicted octanol–water partition coefficient (Wildman–Crippen LogP) is 1.59. The summed E-state index contributed by atoms with van der Waals surface area (Å²) >= 11 is 0. The fourth-order valence-electron chi connectivity index (χ4n) is 3.49. The molecule has 154 valence electrons. The van der Waals surface area contributed by atoms with E-state index < -0.39 is 0 Å². The fraction of sp³-hybridized carbons (Fsp3) is 0.273. The molecule has 1 aromatic carbocycles. The molecule has 3 aromatic rings. The molecular weight excluding hydrogens is 380 g/mol. The molecule has 2 N–H and O–H groups in total. The van der Waals surface area contributed by atoms with Crippen LogP contribution in [0.4, 0.5) is 11.5 Å². The first-order valence-corrected chi connectivity index (χ1v) is 9.96. The van der Waals surface area contributed by atoms with Gasteiger partial charge in [-0.2, -0.15) is 0 Å². The first-order chi connectivity index (χ1) is 14.7. The van der Waals surface area contributed by atoms with E-state index in [9.17, 15) is 4.79 Å². The Kier molecular flexibility index (Phi) is 6.14. The molecule has 4 rings (SSSR count). The number of carbonyl (C=O) groups excluding carboxylic acids is 1. The van der Waals surface area contributed by atoms with Crippen molar-refractivity contribution in [3.63, 3.8) is 0 Å². The Morgan fingerprint density at radius 2 is 1.77 bits per heavy atom. The Morgan fingerprint density at radius 3 is 2.53 bits per heavy atom. The summed E-state index contributed by atoms with van der Waals surface area (Å²) in [5, 5.41) is 11.6. The lowest BCUT2D eigenvalue weighted by Crippen LogP contribution is -2.46. The summed E-state index contributed by atoms with van der Waals surface area (Å²) in [5.74, 6) is 0.610. The molecule has 8 nitrogen and oxygen atoms in total. The molecule has 0 bridgehead atoms. The minimum absolute atomic E-state index is 0.0899. The number of nitrogens with one attached hydrogen (secondary N) is 1. The van der Waals surface area contributed by atoms with Crippen LogP contribution in [0, 0.1) is 0 Å². The standard InChI is InChI=1S/C22H24N6O2/c29-13-8-25-22(30)18-3-1-2-17(14-18)20-15-24-16-21(26-20)28-11-9-27(10-12-28)19-4-6-23-7-5-19/h1-7,14-16,29H,8-13H2,(H,25,30). The molecule has 8 heteroatoms. The van der Waals surface area contributed by atoms with E-state index in [1.165, 1.54) is 5.69 Å².